The summed E-state index contributed by atoms with van der Waals surface area (Å²) >= 11 is 1.40. The first-order valence-corrected chi connectivity index (χ1v) is 10.6. The van der Waals surface area contributed by atoms with Gasteiger partial charge in [-0.25, -0.2) is 14.6 Å². The van der Waals surface area contributed by atoms with Gasteiger partial charge in [0.05, 0.1) is 17.5 Å². The van der Waals surface area contributed by atoms with Gasteiger partial charge in [0.15, 0.2) is 10.8 Å². The topological polar surface area (TPSA) is 72.7 Å². The van der Waals surface area contributed by atoms with Crippen molar-refractivity contribution in [1.29, 1.82) is 0 Å². The van der Waals surface area contributed by atoms with E-state index < -0.39 is 0 Å². The number of carbonyl (C=O) groups excluding carboxylic acids is 1. The Morgan fingerprint density at radius 2 is 1.87 bits per heavy atom. The van der Waals surface area contributed by atoms with Gasteiger partial charge in [0, 0.05) is 28.6 Å². The van der Waals surface area contributed by atoms with Crippen LogP contribution in [0.1, 0.15) is 30.2 Å². The Kier molecular flexibility index (Phi) is 4.52. The van der Waals surface area contributed by atoms with Crippen molar-refractivity contribution in [1.82, 2.24) is 19.7 Å². The van der Waals surface area contributed by atoms with E-state index in [1.54, 1.807) is 18.5 Å². The van der Waals surface area contributed by atoms with Gasteiger partial charge in [-0.05, 0) is 36.8 Å². The minimum atomic E-state index is -0.235. The summed E-state index contributed by atoms with van der Waals surface area (Å²) in [5.74, 6) is -0.235. The lowest BCUT2D eigenvalue weighted by molar-refractivity contribution is 0.102. The molecule has 0 aliphatic rings. The lowest BCUT2D eigenvalue weighted by atomic mass is 10.1. The van der Waals surface area contributed by atoms with Gasteiger partial charge in [0.2, 0.25) is 0 Å². The molecule has 0 bridgehead atoms. The number of hydrogen-bond donors (Lipinski definition) is 1. The summed E-state index contributed by atoms with van der Waals surface area (Å²) in [4.78, 5) is 21.7. The van der Waals surface area contributed by atoms with Gasteiger partial charge in [0.25, 0.3) is 5.91 Å². The Morgan fingerprint density at radius 1 is 1.03 bits per heavy atom. The van der Waals surface area contributed by atoms with Gasteiger partial charge in [-0.1, -0.05) is 36.4 Å². The minimum Gasteiger partial charge on any atom is -0.298 e. The second-order valence-corrected chi connectivity index (χ2v) is 8.23. The zero-order valence-corrected chi connectivity index (χ0v) is 17.4. The van der Waals surface area contributed by atoms with Crippen molar-refractivity contribution in [2.75, 3.05) is 5.32 Å². The summed E-state index contributed by atoms with van der Waals surface area (Å²) in [7, 11) is 0. The molecule has 0 unspecified atom stereocenters. The fraction of sp³-hybridized carbons (Fsp3) is 0.130. The summed E-state index contributed by atoms with van der Waals surface area (Å²) in [6.07, 6.45) is 3.32. The van der Waals surface area contributed by atoms with Crippen LogP contribution in [-0.2, 0) is 0 Å². The number of anilines is 1. The molecule has 5 rings (SSSR count). The summed E-state index contributed by atoms with van der Waals surface area (Å²) in [6, 6.07) is 16.5. The fourth-order valence-electron chi connectivity index (χ4n) is 3.42. The Balaban J connectivity index is 1.37. The quantitative estimate of drug-likeness (QED) is 0.420. The van der Waals surface area contributed by atoms with E-state index >= 15 is 0 Å². The summed E-state index contributed by atoms with van der Waals surface area (Å²) in [6.45, 7) is 4.09. The second kappa shape index (κ2) is 7.35. The van der Waals surface area contributed by atoms with Gasteiger partial charge in [-0.3, -0.25) is 10.1 Å². The van der Waals surface area contributed by atoms with Crippen LogP contribution < -0.4 is 5.32 Å². The number of nitrogens with zero attached hydrogens (tertiary/aromatic N) is 4. The van der Waals surface area contributed by atoms with Crippen LogP contribution in [-0.4, -0.2) is 25.7 Å². The largest absolute Gasteiger partial charge is 0.298 e. The number of rotatable bonds is 4. The summed E-state index contributed by atoms with van der Waals surface area (Å²) in [5, 5.41) is 12.9. The Bertz CT molecular complexity index is 1380. The molecule has 148 valence electrons. The molecule has 30 heavy (non-hydrogen) atoms. The average molecular weight is 414 g/mol. The highest BCUT2D eigenvalue weighted by Crippen LogP contribution is 2.28. The molecule has 0 aliphatic heterocycles. The van der Waals surface area contributed by atoms with E-state index in [1.807, 2.05) is 42.1 Å². The maximum Gasteiger partial charge on any atom is 0.259 e. The molecule has 3 aromatic heterocycles. The van der Waals surface area contributed by atoms with E-state index in [1.165, 1.54) is 16.7 Å². The van der Waals surface area contributed by atoms with Gasteiger partial charge < -0.3 is 0 Å². The number of aromatic nitrogens is 4. The maximum absolute atomic E-state index is 12.7. The second-order valence-electron chi connectivity index (χ2n) is 7.37. The van der Waals surface area contributed by atoms with Crippen LogP contribution in [0, 0.1) is 0 Å². The van der Waals surface area contributed by atoms with E-state index in [0.29, 0.717) is 10.7 Å². The van der Waals surface area contributed by atoms with Crippen molar-refractivity contribution in [3.63, 3.8) is 0 Å². The smallest absolute Gasteiger partial charge is 0.259 e. The van der Waals surface area contributed by atoms with Crippen LogP contribution in [0.3, 0.4) is 0 Å². The van der Waals surface area contributed by atoms with E-state index in [9.17, 15) is 4.79 Å². The van der Waals surface area contributed by atoms with Crippen LogP contribution in [0.4, 0.5) is 5.13 Å². The molecular weight excluding hydrogens is 394 g/mol. The van der Waals surface area contributed by atoms with Crippen molar-refractivity contribution in [3.05, 3.63) is 71.9 Å². The van der Waals surface area contributed by atoms with Crippen molar-refractivity contribution in [2.45, 2.75) is 19.9 Å². The molecule has 0 saturated heterocycles. The van der Waals surface area contributed by atoms with Crippen LogP contribution in [0.25, 0.3) is 33.1 Å². The predicted octanol–water partition coefficient (Wildman–Crippen LogP) is 5.54. The van der Waals surface area contributed by atoms with E-state index in [0.717, 1.165) is 27.7 Å². The molecule has 0 saturated carbocycles. The number of amides is 1. The zero-order chi connectivity index (χ0) is 20.7. The standard InChI is InChI=1S/C23H19N5OS/c1-14(2)28-21-18(12-25-28)10-19(11-24-21)22(29)27-23-26-20(13-30-23)17-8-7-15-5-3-4-6-16(15)9-17/h3-14H,1-2H3,(H,26,27,29). The number of hydrogen-bond acceptors (Lipinski definition) is 5. The molecule has 1 amide bonds. The molecule has 0 aliphatic carbocycles. The minimum absolute atomic E-state index is 0.207. The highest BCUT2D eigenvalue weighted by Gasteiger charge is 2.14. The molecule has 7 heteroatoms. The van der Waals surface area contributed by atoms with Crippen molar-refractivity contribution in [3.8, 4) is 11.3 Å². The number of thiazole rings is 1. The summed E-state index contributed by atoms with van der Waals surface area (Å²) in [5.41, 5.74) is 3.12. The highest BCUT2D eigenvalue weighted by atomic mass is 32.1. The molecule has 0 fully saturated rings. The van der Waals surface area contributed by atoms with Crippen LogP contribution in [0.5, 0.6) is 0 Å². The Hall–Kier alpha value is -3.58. The first-order valence-electron chi connectivity index (χ1n) is 9.68. The average Bonchev–Trinajstić information content (AvgIpc) is 3.40. The first kappa shape index (κ1) is 18.4. The number of carbonyl (C=O) groups is 1. The van der Waals surface area contributed by atoms with Gasteiger partial charge >= 0.3 is 0 Å². The zero-order valence-electron chi connectivity index (χ0n) is 16.5. The monoisotopic (exact) mass is 413 g/mol. The number of fused-ring (bicyclic) bond motifs is 2. The maximum atomic E-state index is 12.7. The molecule has 0 spiro atoms. The number of benzene rings is 2. The number of pyridine rings is 1. The van der Waals surface area contributed by atoms with E-state index in [2.05, 4.69) is 44.6 Å². The lowest BCUT2D eigenvalue weighted by Gasteiger charge is -2.06. The van der Waals surface area contributed by atoms with Crippen molar-refractivity contribution in [2.24, 2.45) is 0 Å². The van der Waals surface area contributed by atoms with Crippen LogP contribution >= 0.6 is 11.3 Å². The van der Waals surface area contributed by atoms with E-state index in [-0.39, 0.29) is 11.9 Å². The molecule has 3 heterocycles. The molecular formula is C23H19N5OS. The molecule has 6 nitrogen and oxygen atoms in total. The van der Waals surface area contributed by atoms with Crippen molar-refractivity contribution >= 4 is 44.2 Å². The Labute approximate surface area is 177 Å². The molecule has 0 radical (unpaired) electrons. The molecule has 2 aromatic carbocycles. The third kappa shape index (κ3) is 3.33. The molecule has 0 atom stereocenters. The SMILES string of the molecule is CC(C)n1ncc2cc(C(=O)Nc3nc(-c4ccc5ccccc5c4)cs3)cnc21. The van der Waals surface area contributed by atoms with Gasteiger partial charge in [0.1, 0.15) is 0 Å². The lowest BCUT2D eigenvalue weighted by Crippen LogP contribution is -2.12. The van der Waals surface area contributed by atoms with E-state index in [4.69, 9.17) is 0 Å². The molecule has 1 N–H and O–H groups in total. The highest BCUT2D eigenvalue weighted by molar-refractivity contribution is 7.14. The first-order chi connectivity index (χ1) is 14.6. The fourth-order valence-corrected chi connectivity index (χ4v) is 4.14. The third-order valence-corrected chi connectivity index (χ3v) is 5.71. The van der Waals surface area contributed by atoms with Crippen LogP contribution in [0.15, 0.2) is 66.3 Å². The predicted molar refractivity (Wildman–Crippen MR) is 121 cm³/mol. The third-order valence-electron chi connectivity index (χ3n) is 4.95. The molecule has 5 aromatic rings. The van der Waals surface area contributed by atoms with Crippen LogP contribution in [0.2, 0.25) is 0 Å². The van der Waals surface area contributed by atoms with Crippen molar-refractivity contribution < 1.29 is 4.79 Å². The Morgan fingerprint density at radius 3 is 2.70 bits per heavy atom. The normalized spacial score (nSPS) is 11.4. The van der Waals surface area contributed by atoms with Gasteiger partial charge in [-0.2, -0.15) is 5.10 Å². The summed E-state index contributed by atoms with van der Waals surface area (Å²) < 4.78 is 1.84. The van der Waals surface area contributed by atoms with Gasteiger partial charge in [-0.15, -0.1) is 11.3 Å². The number of nitrogens with one attached hydrogen (secondary N) is 1.